The SMILES string of the molecule is CCCCC[C@H]1N[C@@H](c2ccccc2)C[C@@](O)(c2ccccc2)[C@@H]1[N+](=O)[O-]. The van der Waals surface area contributed by atoms with Crippen LogP contribution in [0.2, 0.25) is 0 Å². The summed E-state index contributed by atoms with van der Waals surface area (Å²) < 4.78 is 0. The number of aliphatic hydroxyl groups is 1. The number of hydrogen-bond donors (Lipinski definition) is 2. The predicted molar refractivity (Wildman–Crippen MR) is 106 cm³/mol. The van der Waals surface area contributed by atoms with Gasteiger partial charge >= 0.3 is 0 Å². The minimum Gasteiger partial charge on any atom is -0.378 e. The molecular weight excluding hydrogens is 340 g/mol. The minimum absolute atomic E-state index is 0.126. The molecule has 4 atom stereocenters. The third-order valence-electron chi connectivity index (χ3n) is 5.62. The molecule has 0 radical (unpaired) electrons. The molecule has 1 aliphatic rings. The molecule has 144 valence electrons. The van der Waals surface area contributed by atoms with Gasteiger partial charge in [-0.1, -0.05) is 86.8 Å². The third kappa shape index (κ3) is 4.20. The molecule has 0 amide bonds. The van der Waals surface area contributed by atoms with Gasteiger partial charge in [0.05, 0.1) is 6.04 Å². The van der Waals surface area contributed by atoms with Crippen molar-refractivity contribution in [3.05, 3.63) is 81.9 Å². The molecule has 2 aromatic carbocycles. The summed E-state index contributed by atoms with van der Waals surface area (Å²) >= 11 is 0. The van der Waals surface area contributed by atoms with E-state index in [4.69, 9.17) is 0 Å². The molecule has 3 rings (SSSR count). The number of benzene rings is 2. The van der Waals surface area contributed by atoms with E-state index in [0.29, 0.717) is 12.0 Å². The first kappa shape index (κ1) is 19.5. The van der Waals surface area contributed by atoms with Crippen molar-refractivity contribution in [3.63, 3.8) is 0 Å². The van der Waals surface area contributed by atoms with Gasteiger partial charge in [0.1, 0.15) is 0 Å². The lowest BCUT2D eigenvalue weighted by atomic mass is 9.72. The highest BCUT2D eigenvalue weighted by Crippen LogP contribution is 2.42. The zero-order valence-corrected chi connectivity index (χ0v) is 15.8. The summed E-state index contributed by atoms with van der Waals surface area (Å²) in [6.07, 6.45) is 3.95. The lowest BCUT2D eigenvalue weighted by molar-refractivity contribution is -0.557. The molecular formula is C22H28N2O3. The van der Waals surface area contributed by atoms with Crippen LogP contribution < -0.4 is 5.32 Å². The highest BCUT2D eigenvalue weighted by atomic mass is 16.6. The van der Waals surface area contributed by atoms with Crippen LogP contribution in [0.15, 0.2) is 60.7 Å². The molecule has 0 bridgehead atoms. The van der Waals surface area contributed by atoms with Gasteiger partial charge < -0.3 is 10.4 Å². The Morgan fingerprint density at radius 1 is 1.11 bits per heavy atom. The average Bonchev–Trinajstić information content (AvgIpc) is 2.69. The van der Waals surface area contributed by atoms with E-state index in [1.165, 1.54) is 0 Å². The van der Waals surface area contributed by atoms with Crippen molar-refractivity contribution < 1.29 is 10.0 Å². The van der Waals surface area contributed by atoms with Crippen LogP contribution in [0, 0.1) is 10.1 Å². The van der Waals surface area contributed by atoms with Gasteiger partial charge in [-0.05, 0) is 17.5 Å². The Bertz CT molecular complexity index is 738. The molecule has 5 heteroatoms. The number of hydrogen-bond acceptors (Lipinski definition) is 4. The van der Waals surface area contributed by atoms with Crippen molar-refractivity contribution in [1.82, 2.24) is 5.32 Å². The van der Waals surface area contributed by atoms with E-state index in [9.17, 15) is 15.2 Å². The van der Waals surface area contributed by atoms with Crippen LogP contribution in [0.3, 0.4) is 0 Å². The minimum atomic E-state index is -1.51. The lowest BCUT2D eigenvalue weighted by Gasteiger charge is -2.44. The second-order valence-corrected chi connectivity index (χ2v) is 7.46. The van der Waals surface area contributed by atoms with Crippen LogP contribution in [0.4, 0.5) is 0 Å². The smallest absolute Gasteiger partial charge is 0.260 e. The van der Waals surface area contributed by atoms with Gasteiger partial charge in [0.25, 0.3) is 6.04 Å². The van der Waals surface area contributed by atoms with E-state index in [2.05, 4.69) is 12.2 Å². The Balaban J connectivity index is 2.00. The Labute approximate surface area is 160 Å². The van der Waals surface area contributed by atoms with Crippen LogP contribution in [0.5, 0.6) is 0 Å². The highest BCUT2D eigenvalue weighted by Gasteiger charge is 2.56. The maximum Gasteiger partial charge on any atom is 0.260 e. The molecule has 0 saturated carbocycles. The van der Waals surface area contributed by atoms with Crippen molar-refractivity contribution in [2.75, 3.05) is 0 Å². The fraction of sp³-hybridized carbons (Fsp3) is 0.455. The molecule has 0 unspecified atom stereocenters. The van der Waals surface area contributed by atoms with E-state index >= 15 is 0 Å². The van der Waals surface area contributed by atoms with E-state index < -0.39 is 11.6 Å². The number of nitrogens with one attached hydrogen (secondary N) is 1. The Morgan fingerprint density at radius 2 is 1.74 bits per heavy atom. The summed E-state index contributed by atoms with van der Waals surface area (Å²) in [7, 11) is 0. The Hall–Kier alpha value is -2.24. The predicted octanol–water partition coefficient (Wildman–Crippen LogP) is 4.20. The summed E-state index contributed by atoms with van der Waals surface area (Å²) in [5.74, 6) is 0. The van der Waals surface area contributed by atoms with Gasteiger partial charge in [0.2, 0.25) is 0 Å². The van der Waals surface area contributed by atoms with Gasteiger partial charge in [-0.25, -0.2) is 0 Å². The van der Waals surface area contributed by atoms with Crippen molar-refractivity contribution in [2.45, 2.75) is 62.8 Å². The van der Waals surface area contributed by atoms with Crippen molar-refractivity contribution >= 4 is 0 Å². The molecule has 27 heavy (non-hydrogen) atoms. The second kappa shape index (κ2) is 8.63. The maximum absolute atomic E-state index is 12.0. The lowest BCUT2D eigenvalue weighted by Crippen LogP contribution is -2.62. The zero-order valence-electron chi connectivity index (χ0n) is 15.8. The topological polar surface area (TPSA) is 75.4 Å². The summed E-state index contributed by atoms with van der Waals surface area (Å²) in [4.78, 5) is 11.7. The summed E-state index contributed by atoms with van der Waals surface area (Å²) in [6.45, 7) is 2.12. The molecule has 1 fully saturated rings. The Kier molecular flexibility index (Phi) is 6.24. The first-order valence-corrected chi connectivity index (χ1v) is 9.78. The van der Waals surface area contributed by atoms with E-state index in [0.717, 1.165) is 24.8 Å². The number of unbranched alkanes of at least 4 members (excludes halogenated alkanes) is 2. The number of nitro groups is 1. The molecule has 1 heterocycles. The van der Waals surface area contributed by atoms with Gasteiger partial charge in [0, 0.05) is 17.4 Å². The van der Waals surface area contributed by atoms with Crippen LogP contribution in [0.1, 0.15) is 56.2 Å². The maximum atomic E-state index is 12.0. The molecule has 5 nitrogen and oxygen atoms in total. The molecule has 1 aliphatic heterocycles. The monoisotopic (exact) mass is 368 g/mol. The number of nitrogens with zero attached hydrogens (tertiary/aromatic N) is 1. The van der Waals surface area contributed by atoms with E-state index in [1.807, 2.05) is 48.5 Å². The third-order valence-corrected chi connectivity index (χ3v) is 5.62. The Morgan fingerprint density at radius 3 is 2.33 bits per heavy atom. The highest BCUT2D eigenvalue weighted by molar-refractivity contribution is 5.29. The quantitative estimate of drug-likeness (QED) is 0.436. The molecule has 2 aromatic rings. The van der Waals surface area contributed by atoms with Crippen LogP contribution in [-0.2, 0) is 5.60 Å². The van der Waals surface area contributed by atoms with Gasteiger partial charge in [-0.2, -0.15) is 0 Å². The standard InChI is InChI=1S/C22H28N2O3/c1-2-3-6-15-19-21(24(26)27)22(25,18-13-9-5-10-14-18)16-20(23-19)17-11-7-4-8-12-17/h4-5,7-14,19-21,23,25H,2-3,6,15-16H2,1H3/t19-,20-,21-,22-/m1/s1. The normalized spacial score (nSPS) is 28.0. The van der Waals surface area contributed by atoms with E-state index in [1.54, 1.807) is 12.1 Å². The van der Waals surface area contributed by atoms with E-state index in [-0.39, 0.29) is 23.4 Å². The fourth-order valence-corrected chi connectivity index (χ4v) is 4.26. The fourth-order valence-electron chi connectivity index (χ4n) is 4.26. The largest absolute Gasteiger partial charge is 0.378 e. The molecule has 0 aliphatic carbocycles. The number of rotatable bonds is 7. The van der Waals surface area contributed by atoms with Crippen molar-refractivity contribution in [1.29, 1.82) is 0 Å². The second-order valence-electron chi connectivity index (χ2n) is 7.46. The molecule has 2 N–H and O–H groups in total. The van der Waals surface area contributed by atoms with Gasteiger partial charge in [0.15, 0.2) is 5.60 Å². The van der Waals surface area contributed by atoms with Crippen molar-refractivity contribution in [2.24, 2.45) is 0 Å². The average molecular weight is 368 g/mol. The van der Waals surface area contributed by atoms with Crippen LogP contribution in [-0.4, -0.2) is 22.1 Å². The van der Waals surface area contributed by atoms with Gasteiger partial charge in [-0.15, -0.1) is 0 Å². The molecule has 0 aromatic heterocycles. The number of piperidine rings is 1. The molecule has 1 saturated heterocycles. The summed E-state index contributed by atoms with van der Waals surface area (Å²) in [5.41, 5.74) is 0.164. The van der Waals surface area contributed by atoms with Gasteiger partial charge in [-0.3, -0.25) is 10.1 Å². The van der Waals surface area contributed by atoms with Crippen molar-refractivity contribution in [3.8, 4) is 0 Å². The first-order valence-electron chi connectivity index (χ1n) is 9.78. The zero-order chi connectivity index (χ0) is 19.3. The van der Waals surface area contributed by atoms with Crippen LogP contribution >= 0.6 is 0 Å². The first-order chi connectivity index (χ1) is 13.1. The molecule has 0 spiro atoms. The summed E-state index contributed by atoms with van der Waals surface area (Å²) in [5, 5.41) is 27.2. The van der Waals surface area contributed by atoms with Crippen LogP contribution in [0.25, 0.3) is 0 Å². The summed E-state index contributed by atoms with van der Waals surface area (Å²) in [6, 6.07) is 17.4.